The van der Waals surface area contributed by atoms with Gasteiger partial charge in [-0.2, -0.15) is 9.97 Å². The maximum absolute atomic E-state index is 12.4. The van der Waals surface area contributed by atoms with E-state index in [-0.39, 0.29) is 11.3 Å². The molecule has 0 spiro atoms. The van der Waals surface area contributed by atoms with Crippen LogP contribution >= 0.6 is 0 Å². The summed E-state index contributed by atoms with van der Waals surface area (Å²) in [5, 5.41) is 3.18. The second kappa shape index (κ2) is 7.03. The summed E-state index contributed by atoms with van der Waals surface area (Å²) in [6.07, 6.45) is 3.95. The van der Waals surface area contributed by atoms with Crippen molar-refractivity contribution in [2.45, 2.75) is 58.6 Å². The average Bonchev–Trinajstić information content (AvgIpc) is 2.84. The van der Waals surface area contributed by atoms with Crippen LogP contribution in [0, 0.1) is 5.92 Å². The number of ether oxygens (including phenoxy) is 1. The highest BCUT2D eigenvalue weighted by atomic mass is 16.5. The van der Waals surface area contributed by atoms with Gasteiger partial charge in [-0.1, -0.05) is 13.3 Å². The number of nitrogen functional groups attached to an aromatic ring is 1. The number of nitrogens with two attached hydrogens (primary N) is 1. The molecule has 0 saturated carbocycles. The van der Waals surface area contributed by atoms with Crippen molar-refractivity contribution in [2.24, 2.45) is 5.92 Å². The number of nitrogens with zero attached hydrogens (tertiary/aromatic N) is 3. The van der Waals surface area contributed by atoms with Crippen LogP contribution in [0.25, 0.3) is 11.2 Å². The quantitative estimate of drug-likeness (QED) is 0.690. The standard InChI is InChI=1S/C17H28N6O2/c1-4-5-7-19-15-21-13(18)12-14(22-15)23(16(24)20-12)10-11-6-8-25-17(2,3)9-11/h11H,4-10H2,1-3H3,(H,20,24)(H3,18,19,21,22). The van der Waals surface area contributed by atoms with Gasteiger partial charge in [0.1, 0.15) is 5.52 Å². The number of rotatable bonds is 6. The molecule has 1 unspecified atom stereocenters. The summed E-state index contributed by atoms with van der Waals surface area (Å²) in [4.78, 5) is 24.0. The number of aromatic nitrogens is 4. The normalized spacial score (nSPS) is 20.0. The molecule has 1 saturated heterocycles. The second-order valence-corrected chi connectivity index (χ2v) is 7.42. The van der Waals surface area contributed by atoms with Crippen LogP contribution in [0.1, 0.15) is 46.5 Å². The molecule has 2 aromatic heterocycles. The van der Waals surface area contributed by atoms with Crippen LogP contribution in [-0.2, 0) is 11.3 Å². The van der Waals surface area contributed by atoms with Gasteiger partial charge in [0, 0.05) is 19.7 Å². The Morgan fingerprint density at radius 2 is 2.24 bits per heavy atom. The number of nitrogens with one attached hydrogen (secondary N) is 2. The lowest BCUT2D eigenvalue weighted by Crippen LogP contribution is -2.36. The van der Waals surface area contributed by atoms with E-state index in [1.165, 1.54) is 0 Å². The summed E-state index contributed by atoms with van der Waals surface area (Å²) < 4.78 is 7.46. The van der Waals surface area contributed by atoms with Crippen molar-refractivity contribution in [1.29, 1.82) is 0 Å². The van der Waals surface area contributed by atoms with Gasteiger partial charge < -0.3 is 20.8 Å². The molecule has 138 valence electrons. The molecule has 0 aromatic carbocycles. The maximum atomic E-state index is 12.4. The molecule has 0 radical (unpaired) electrons. The van der Waals surface area contributed by atoms with Crippen LogP contribution in [0.2, 0.25) is 0 Å². The lowest BCUT2D eigenvalue weighted by atomic mass is 9.88. The second-order valence-electron chi connectivity index (χ2n) is 7.42. The molecule has 8 nitrogen and oxygen atoms in total. The largest absolute Gasteiger partial charge is 0.382 e. The third-order valence-electron chi connectivity index (χ3n) is 4.70. The molecule has 1 aliphatic rings. The third-order valence-corrected chi connectivity index (χ3v) is 4.70. The Bertz CT molecular complexity index is 794. The fourth-order valence-corrected chi connectivity index (χ4v) is 3.45. The van der Waals surface area contributed by atoms with Crippen molar-refractivity contribution in [3.05, 3.63) is 10.5 Å². The molecule has 0 aliphatic carbocycles. The first-order chi connectivity index (χ1) is 11.9. The first-order valence-electron chi connectivity index (χ1n) is 9.03. The highest BCUT2D eigenvalue weighted by Crippen LogP contribution is 2.30. The van der Waals surface area contributed by atoms with Gasteiger partial charge in [0.25, 0.3) is 0 Å². The molecule has 0 bridgehead atoms. The fourth-order valence-electron chi connectivity index (χ4n) is 3.45. The molecule has 2 aromatic rings. The SMILES string of the molecule is CCCCNc1nc(N)c2[nH]c(=O)n(CC3CCOC(C)(C)C3)c2n1. The van der Waals surface area contributed by atoms with Crippen LogP contribution in [-0.4, -0.2) is 38.3 Å². The van der Waals surface area contributed by atoms with E-state index in [9.17, 15) is 4.79 Å². The number of hydrogen-bond donors (Lipinski definition) is 3. The van der Waals surface area contributed by atoms with Gasteiger partial charge in [-0.3, -0.25) is 4.57 Å². The fraction of sp³-hybridized carbons (Fsp3) is 0.706. The van der Waals surface area contributed by atoms with Gasteiger partial charge in [-0.25, -0.2) is 4.79 Å². The third kappa shape index (κ3) is 3.95. The zero-order valence-electron chi connectivity index (χ0n) is 15.3. The molecular formula is C17H28N6O2. The van der Waals surface area contributed by atoms with Crippen LogP contribution in [0.5, 0.6) is 0 Å². The van der Waals surface area contributed by atoms with Gasteiger partial charge in [0.05, 0.1) is 5.60 Å². The Hall–Kier alpha value is -2.09. The molecule has 1 aliphatic heterocycles. The number of hydrogen-bond acceptors (Lipinski definition) is 6. The lowest BCUT2D eigenvalue weighted by molar-refractivity contribution is -0.0748. The Morgan fingerprint density at radius 1 is 1.44 bits per heavy atom. The molecule has 3 heterocycles. The Balaban J connectivity index is 1.89. The smallest absolute Gasteiger partial charge is 0.327 e. The number of H-pyrrole nitrogens is 1. The van der Waals surface area contributed by atoms with E-state index in [4.69, 9.17) is 10.5 Å². The summed E-state index contributed by atoms with van der Waals surface area (Å²) in [6, 6.07) is 0. The van der Waals surface area contributed by atoms with E-state index < -0.39 is 0 Å². The van der Waals surface area contributed by atoms with Crippen molar-refractivity contribution in [1.82, 2.24) is 19.5 Å². The van der Waals surface area contributed by atoms with Crippen molar-refractivity contribution in [2.75, 3.05) is 24.2 Å². The molecule has 3 rings (SSSR count). The highest BCUT2D eigenvalue weighted by Gasteiger charge is 2.30. The Morgan fingerprint density at radius 3 is 2.96 bits per heavy atom. The van der Waals surface area contributed by atoms with E-state index in [0.29, 0.717) is 35.4 Å². The van der Waals surface area contributed by atoms with Gasteiger partial charge in [0.15, 0.2) is 11.5 Å². The zero-order valence-corrected chi connectivity index (χ0v) is 15.3. The monoisotopic (exact) mass is 348 g/mol. The minimum atomic E-state index is -0.189. The first-order valence-corrected chi connectivity index (χ1v) is 9.03. The van der Waals surface area contributed by atoms with Crippen LogP contribution < -0.4 is 16.7 Å². The highest BCUT2D eigenvalue weighted by molar-refractivity contribution is 5.82. The number of fused-ring (bicyclic) bond motifs is 1. The van der Waals surface area contributed by atoms with Gasteiger partial charge in [0.2, 0.25) is 5.95 Å². The molecule has 25 heavy (non-hydrogen) atoms. The molecule has 4 N–H and O–H groups in total. The summed E-state index contributed by atoms with van der Waals surface area (Å²) in [5.74, 6) is 1.14. The molecule has 1 fully saturated rings. The summed E-state index contributed by atoms with van der Waals surface area (Å²) in [5.41, 5.74) is 6.76. The summed E-state index contributed by atoms with van der Waals surface area (Å²) in [6.45, 7) is 8.41. The topological polar surface area (TPSA) is 111 Å². The predicted octanol–water partition coefficient (Wildman–Crippen LogP) is 2.12. The Labute approximate surface area is 147 Å². The minimum Gasteiger partial charge on any atom is -0.382 e. The predicted molar refractivity (Wildman–Crippen MR) is 98.7 cm³/mol. The van der Waals surface area contributed by atoms with E-state index in [0.717, 1.165) is 38.8 Å². The first kappa shape index (κ1) is 17.7. The van der Waals surface area contributed by atoms with Gasteiger partial charge in [-0.05, 0) is 39.0 Å². The molecule has 0 amide bonds. The van der Waals surface area contributed by atoms with Crippen molar-refractivity contribution >= 4 is 22.9 Å². The van der Waals surface area contributed by atoms with E-state index in [2.05, 4.69) is 41.0 Å². The van der Waals surface area contributed by atoms with E-state index >= 15 is 0 Å². The summed E-state index contributed by atoms with van der Waals surface area (Å²) in [7, 11) is 0. The maximum Gasteiger partial charge on any atom is 0.327 e. The van der Waals surface area contributed by atoms with Crippen LogP contribution in [0.15, 0.2) is 4.79 Å². The van der Waals surface area contributed by atoms with Crippen LogP contribution in [0.4, 0.5) is 11.8 Å². The molecule has 1 atom stereocenters. The van der Waals surface area contributed by atoms with Gasteiger partial charge in [-0.15, -0.1) is 0 Å². The van der Waals surface area contributed by atoms with Crippen molar-refractivity contribution in [3.63, 3.8) is 0 Å². The average molecular weight is 348 g/mol. The Kier molecular flexibility index (Phi) is 4.99. The van der Waals surface area contributed by atoms with E-state index in [1.54, 1.807) is 4.57 Å². The van der Waals surface area contributed by atoms with Gasteiger partial charge >= 0.3 is 5.69 Å². The van der Waals surface area contributed by atoms with Crippen LogP contribution in [0.3, 0.4) is 0 Å². The zero-order chi connectivity index (χ0) is 18.0. The molecule has 8 heteroatoms. The number of unbranched alkanes of at least 4 members (excludes halogenated alkanes) is 1. The van der Waals surface area contributed by atoms with Crippen molar-refractivity contribution < 1.29 is 4.74 Å². The summed E-state index contributed by atoms with van der Waals surface area (Å²) >= 11 is 0. The number of aromatic amines is 1. The minimum absolute atomic E-state index is 0.153. The van der Waals surface area contributed by atoms with E-state index in [1.807, 2.05) is 0 Å². The number of anilines is 2. The molecular weight excluding hydrogens is 320 g/mol. The lowest BCUT2D eigenvalue weighted by Gasteiger charge is -2.35. The van der Waals surface area contributed by atoms with Crippen molar-refractivity contribution in [3.8, 4) is 0 Å². The number of imidazole rings is 1.